The first-order valence-electron chi connectivity index (χ1n) is 7.85. The van der Waals surface area contributed by atoms with Crippen LogP contribution in [-0.4, -0.2) is 36.9 Å². The molecule has 1 saturated heterocycles. The van der Waals surface area contributed by atoms with E-state index in [1.807, 2.05) is 31.2 Å². The first-order chi connectivity index (χ1) is 10.6. The Hall–Kier alpha value is -2.04. The minimum atomic E-state index is -0.523. The molecule has 1 unspecified atom stereocenters. The van der Waals surface area contributed by atoms with Crippen LogP contribution in [0.15, 0.2) is 24.3 Å². The molecule has 2 rings (SSSR count). The fourth-order valence-corrected chi connectivity index (χ4v) is 2.65. The van der Waals surface area contributed by atoms with E-state index < -0.39 is 11.8 Å². The molecule has 22 heavy (non-hydrogen) atoms. The Morgan fingerprint density at radius 2 is 1.68 bits per heavy atom. The van der Waals surface area contributed by atoms with E-state index in [2.05, 4.69) is 5.32 Å². The highest BCUT2D eigenvalue weighted by Crippen LogP contribution is 2.17. The highest BCUT2D eigenvalue weighted by molar-refractivity contribution is 6.35. The highest BCUT2D eigenvalue weighted by Gasteiger charge is 2.23. The molecular weight excluding hydrogens is 280 g/mol. The molecule has 1 aliphatic heterocycles. The lowest BCUT2D eigenvalue weighted by Gasteiger charge is -2.21. The van der Waals surface area contributed by atoms with Gasteiger partial charge in [-0.05, 0) is 37.5 Å². The van der Waals surface area contributed by atoms with Gasteiger partial charge < -0.3 is 15.0 Å². The number of ether oxygens (including phenoxy) is 1. The zero-order valence-electron chi connectivity index (χ0n) is 13.3. The summed E-state index contributed by atoms with van der Waals surface area (Å²) in [7, 11) is 1.61. The van der Waals surface area contributed by atoms with Crippen LogP contribution in [0.5, 0.6) is 5.75 Å². The van der Waals surface area contributed by atoms with Crippen LogP contribution in [0.2, 0.25) is 0 Å². The summed E-state index contributed by atoms with van der Waals surface area (Å²) in [5.41, 5.74) is 0.942. The van der Waals surface area contributed by atoms with Gasteiger partial charge in [0.05, 0.1) is 13.2 Å². The van der Waals surface area contributed by atoms with Crippen molar-refractivity contribution in [1.82, 2.24) is 10.2 Å². The average Bonchev–Trinajstić information content (AvgIpc) is 2.83. The summed E-state index contributed by atoms with van der Waals surface area (Å²) >= 11 is 0. The smallest absolute Gasteiger partial charge is 0.311 e. The molecule has 0 saturated carbocycles. The van der Waals surface area contributed by atoms with Gasteiger partial charge in [-0.2, -0.15) is 0 Å². The molecule has 1 atom stereocenters. The third-order valence-electron chi connectivity index (χ3n) is 4.05. The Kier molecular flexibility index (Phi) is 5.81. The molecule has 0 aliphatic carbocycles. The number of likely N-dealkylation sites (tertiary alicyclic amines) is 1. The lowest BCUT2D eigenvalue weighted by atomic mass is 10.1. The Balaban J connectivity index is 1.92. The molecule has 1 aliphatic rings. The largest absolute Gasteiger partial charge is 0.497 e. The van der Waals surface area contributed by atoms with Gasteiger partial charge in [0, 0.05) is 13.1 Å². The van der Waals surface area contributed by atoms with E-state index in [4.69, 9.17) is 4.74 Å². The monoisotopic (exact) mass is 304 g/mol. The number of nitrogens with one attached hydrogen (secondary N) is 1. The second kappa shape index (κ2) is 7.82. The molecule has 0 bridgehead atoms. The maximum atomic E-state index is 12.2. The lowest BCUT2D eigenvalue weighted by molar-refractivity contribution is -0.146. The third-order valence-corrected chi connectivity index (χ3v) is 4.05. The summed E-state index contributed by atoms with van der Waals surface area (Å²) in [6.45, 7) is 3.24. The SMILES string of the molecule is COc1ccc(C(C)NC(=O)C(=O)N2CCCCCC2)cc1. The predicted molar refractivity (Wildman–Crippen MR) is 84.6 cm³/mol. The maximum absolute atomic E-state index is 12.2. The second-order valence-electron chi connectivity index (χ2n) is 5.67. The van der Waals surface area contributed by atoms with E-state index in [0.717, 1.165) is 37.0 Å². The van der Waals surface area contributed by atoms with Gasteiger partial charge in [0.2, 0.25) is 0 Å². The normalized spacial score (nSPS) is 16.5. The summed E-state index contributed by atoms with van der Waals surface area (Å²) in [6, 6.07) is 7.25. The van der Waals surface area contributed by atoms with Crippen molar-refractivity contribution in [3.05, 3.63) is 29.8 Å². The molecular formula is C17H24N2O3. The van der Waals surface area contributed by atoms with Gasteiger partial charge in [-0.1, -0.05) is 25.0 Å². The van der Waals surface area contributed by atoms with Crippen molar-refractivity contribution in [2.24, 2.45) is 0 Å². The highest BCUT2D eigenvalue weighted by atomic mass is 16.5. The van der Waals surface area contributed by atoms with E-state index in [1.165, 1.54) is 0 Å². The van der Waals surface area contributed by atoms with Crippen LogP contribution in [0.3, 0.4) is 0 Å². The molecule has 5 heteroatoms. The van der Waals surface area contributed by atoms with Crippen LogP contribution in [0.4, 0.5) is 0 Å². The number of carbonyl (C=O) groups is 2. The van der Waals surface area contributed by atoms with Crippen molar-refractivity contribution in [2.45, 2.75) is 38.6 Å². The van der Waals surface area contributed by atoms with E-state index in [0.29, 0.717) is 13.1 Å². The Morgan fingerprint density at radius 3 is 2.23 bits per heavy atom. The molecule has 1 N–H and O–H groups in total. The van der Waals surface area contributed by atoms with E-state index in [-0.39, 0.29) is 6.04 Å². The quantitative estimate of drug-likeness (QED) is 0.872. The number of amides is 2. The van der Waals surface area contributed by atoms with Gasteiger partial charge in [-0.25, -0.2) is 0 Å². The molecule has 1 heterocycles. The van der Waals surface area contributed by atoms with Crippen LogP contribution in [0.25, 0.3) is 0 Å². The van der Waals surface area contributed by atoms with Gasteiger partial charge in [-0.3, -0.25) is 9.59 Å². The Bertz CT molecular complexity index is 505. The molecule has 0 radical (unpaired) electrons. The van der Waals surface area contributed by atoms with Crippen molar-refractivity contribution in [3.63, 3.8) is 0 Å². The molecule has 120 valence electrons. The van der Waals surface area contributed by atoms with Crippen molar-refractivity contribution in [3.8, 4) is 5.75 Å². The van der Waals surface area contributed by atoms with Crippen LogP contribution < -0.4 is 10.1 Å². The third kappa shape index (κ3) is 4.23. The van der Waals surface area contributed by atoms with Gasteiger partial charge in [-0.15, -0.1) is 0 Å². The van der Waals surface area contributed by atoms with Gasteiger partial charge in [0.25, 0.3) is 0 Å². The van der Waals surface area contributed by atoms with Crippen LogP contribution >= 0.6 is 0 Å². The number of nitrogens with zero attached hydrogens (tertiary/aromatic N) is 1. The first kappa shape index (κ1) is 16.3. The minimum Gasteiger partial charge on any atom is -0.497 e. The van der Waals surface area contributed by atoms with Gasteiger partial charge in [0.1, 0.15) is 5.75 Å². The van der Waals surface area contributed by atoms with Crippen molar-refractivity contribution in [1.29, 1.82) is 0 Å². The number of benzene rings is 1. The van der Waals surface area contributed by atoms with E-state index in [1.54, 1.807) is 12.0 Å². The summed E-state index contributed by atoms with van der Waals surface area (Å²) in [5.74, 6) is -0.171. The average molecular weight is 304 g/mol. The fraction of sp³-hybridized carbons (Fsp3) is 0.529. The van der Waals surface area contributed by atoms with Crippen LogP contribution in [0.1, 0.15) is 44.2 Å². The topological polar surface area (TPSA) is 58.6 Å². The summed E-state index contributed by atoms with van der Waals surface area (Å²) < 4.78 is 5.11. The number of methoxy groups -OCH3 is 1. The lowest BCUT2D eigenvalue weighted by Crippen LogP contribution is -2.44. The molecule has 0 aromatic heterocycles. The summed E-state index contributed by atoms with van der Waals surface area (Å²) in [5, 5.41) is 2.78. The summed E-state index contributed by atoms with van der Waals surface area (Å²) in [4.78, 5) is 26.0. The van der Waals surface area contributed by atoms with Crippen molar-refractivity contribution in [2.75, 3.05) is 20.2 Å². The number of carbonyl (C=O) groups excluding carboxylic acids is 2. The molecule has 1 aromatic carbocycles. The van der Waals surface area contributed by atoms with Crippen molar-refractivity contribution < 1.29 is 14.3 Å². The standard InChI is InChI=1S/C17H24N2O3/c1-13(14-7-9-15(22-2)10-8-14)18-16(20)17(21)19-11-5-3-4-6-12-19/h7-10,13H,3-6,11-12H2,1-2H3,(H,18,20). The zero-order chi connectivity index (χ0) is 15.9. The maximum Gasteiger partial charge on any atom is 0.311 e. The first-order valence-corrected chi connectivity index (χ1v) is 7.85. The molecule has 1 aromatic rings. The zero-order valence-corrected chi connectivity index (χ0v) is 13.3. The second-order valence-corrected chi connectivity index (χ2v) is 5.67. The fourth-order valence-electron chi connectivity index (χ4n) is 2.65. The number of hydrogen-bond acceptors (Lipinski definition) is 3. The molecule has 1 fully saturated rings. The van der Waals surface area contributed by atoms with Gasteiger partial charge >= 0.3 is 11.8 Å². The van der Waals surface area contributed by atoms with Crippen LogP contribution in [0, 0.1) is 0 Å². The Morgan fingerprint density at radius 1 is 1.09 bits per heavy atom. The van der Waals surface area contributed by atoms with Crippen molar-refractivity contribution >= 4 is 11.8 Å². The molecule has 2 amide bonds. The van der Waals surface area contributed by atoms with Crippen LogP contribution in [-0.2, 0) is 9.59 Å². The number of rotatable bonds is 3. The molecule has 5 nitrogen and oxygen atoms in total. The van der Waals surface area contributed by atoms with E-state index in [9.17, 15) is 9.59 Å². The number of hydrogen-bond donors (Lipinski definition) is 1. The summed E-state index contributed by atoms with van der Waals surface area (Å²) in [6.07, 6.45) is 4.22. The Labute approximate surface area is 131 Å². The molecule has 0 spiro atoms. The van der Waals surface area contributed by atoms with Gasteiger partial charge in [0.15, 0.2) is 0 Å². The minimum absolute atomic E-state index is 0.214. The van der Waals surface area contributed by atoms with E-state index >= 15 is 0 Å². The predicted octanol–water partition coefficient (Wildman–Crippen LogP) is 2.28.